The van der Waals surface area contributed by atoms with Crippen molar-refractivity contribution < 1.29 is 0 Å². The van der Waals surface area contributed by atoms with E-state index in [0.29, 0.717) is 0 Å². The van der Waals surface area contributed by atoms with Crippen molar-refractivity contribution in [2.24, 2.45) is 16.8 Å². The van der Waals surface area contributed by atoms with Crippen LogP contribution in [0.5, 0.6) is 0 Å². The molecule has 2 heterocycles. The van der Waals surface area contributed by atoms with Crippen LogP contribution in [-0.4, -0.2) is 47.5 Å². The normalized spacial score (nSPS) is 17.8. The Kier molecular flexibility index (Phi) is 8.18. The van der Waals surface area contributed by atoms with Gasteiger partial charge in [0.2, 0.25) is 0 Å². The molecule has 0 saturated carbocycles. The van der Waals surface area contributed by atoms with E-state index in [9.17, 15) is 0 Å². The van der Waals surface area contributed by atoms with Crippen molar-refractivity contribution in [3.8, 4) is 0 Å². The summed E-state index contributed by atoms with van der Waals surface area (Å²) in [6.07, 6.45) is 4.61. The lowest BCUT2D eigenvalue weighted by atomic mass is 9.97. The van der Waals surface area contributed by atoms with Crippen LogP contribution in [0.2, 0.25) is 0 Å². The van der Waals surface area contributed by atoms with Crippen LogP contribution in [0.25, 0.3) is 11.0 Å². The first-order valence-corrected chi connectivity index (χ1v) is 9.55. The first-order valence-electron chi connectivity index (χ1n) is 9.55. The van der Waals surface area contributed by atoms with Gasteiger partial charge < -0.3 is 15.2 Å². The molecule has 1 aliphatic heterocycles. The first-order chi connectivity index (χ1) is 12.2. The van der Waals surface area contributed by atoms with Crippen molar-refractivity contribution in [2.45, 2.75) is 39.5 Å². The van der Waals surface area contributed by atoms with Gasteiger partial charge in [0.25, 0.3) is 0 Å². The number of aromatic amines is 1. The number of guanidine groups is 1. The zero-order chi connectivity index (χ0) is 17.6. The van der Waals surface area contributed by atoms with Gasteiger partial charge in [0.1, 0.15) is 5.82 Å². The predicted octanol–water partition coefficient (Wildman–Crippen LogP) is 4.06. The number of aliphatic imine (C=N–C) groups is 1. The van der Waals surface area contributed by atoms with E-state index in [4.69, 9.17) is 0 Å². The highest BCUT2D eigenvalue weighted by Gasteiger charge is 2.25. The minimum Gasteiger partial charge on any atom is -0.356 e. The van der Waals surface area contributed by atoms with Gasteiger partial charge in [-0.25, -0.2) is 4.98 Å². The maximum absolute atomic E-state index is 4.64. The number of fused-ring (bicyclic) bond motifs is 1. The summed E-state index contributed by atoms with van der Waals surface area (Å²) in [5.41, 5.74) is 2.17. The summed E-state index contributed by atoms with van der Waals surface area (Å²) >= 11 is 0. The summed E-state index contributed by atoms with van der Waals surface area (Å²) in [7, 11) is 1.89. The number of benzene rings is 1. The third-order valence-corrected chi connectivity index (χ3v) is 4.91. The average Bonchev–Trinajstić information content (AvgIpc) is 3.20. The topological polar surface area (TPSA) is 56.3 Å². The Labute approximate surface area is 174 Å². The van der Waals surface area contributed by atoms with Gasteiger partial charge in [-0.3, -0.25) is 4.99 Å². The van der Waals surface area contributed by atoms with Gasteiger partial charge in [0, 0.05) is 33.1 Å². The quantitative estimate of drug-likeness (QED) is 0.291. The molecule has 0 amide bonds. The van der Waals surface area contributed by atoms with Crippen molar-refractivity contribution in [1.29, 1.82) is 0 Å². The number of nitrogens with one attached hydrogen (secondary N) is 2. The molecule has 0 radical (unpaired) electrons. The Morgan fingerprint density at radius 2 is 2.19 bits per heavy atom. The van der Waals surface area contributed by atoms with E-state index < -0.39 is 0 Å². The number of aromatic nitrogens is 2. The molecular formula is C20H32IN5. The lowest BCUT2D eigenvalue weighted by Gasteiger charge is -2.22. The number of imidazole rings is 1. The second kappa shape index (κ2) is 10.1. The molecule has 2 N–H and O–H groups in total. The largest absolute Gasteiger partial charge is 0.356 e. The summed E-state index contributed by atoms with van der Waals surface area (Å²) in [5.74, 6) is 3.71. The third-order valence-electron chi connectivity index (χ3n) is 4.91. The van der Waals surface area contributed by atoms with Crippen LogP contribution < -0.4 is 5.32 Å². The Bertz CT molecular complexity index is 676. The molecule has 3 rings (SSSR count). The fraction of sp³-hybridized carbons (Fsp3) is 0.600. The molecular weight excluding hydrogens is 437 g/mol. The average molecular weight is 469 g/mol. The van der Waals surface area contributed by atoms with Gasteiger partial charge in [-0.2, -0.15) is 0 Å². The summed E-state index contributed by atoms with van der Waals surface area (Å²) in [5, 5.41) is 3.52. The predicted molar refractivity (Wildman–Crippen MR) is 120 cm³/mol. The number of aryl methyl sites for hydroxylation is 1. The summed E-state index contributed by atoms with van der Waals surface area (Å²) in [6, 6.07) is 8.20. The number of para-hydroxylation sites is 2. The Morgan fingerprint density at radius 1 is 1.38 bits per heavy atom. The van der Waals surface area contributed by atoms with Gasteiger partial charge in [-0.15, -0.1) is 24.0 Å². The molecule has 1 unspecified atom stereocenters. The van der Waals surface area contributed by atoms with Gasteiger partial charge in [-0.05, 0) is 43.2 Å². The van der Waals surface area contributed by atoms with Gasteiger partial charge in [0.05, 0.1) is 11.0 Å². The number of halogens is 1. The smallest absolute Gasteiger partial charge is 0.193 e. The van der Waals surface area contributed by atoms with E-state index in [1.54, 1.807) is 0 Å². The number of nitrogens with zero attached hydrogens (tertiary/aromatic N) is 3. The number of hydrogen-bond donors (Lipinski definition) is 2. The molecule has 1 saturated heterocycles. The number of rotatable bonds is 6. The molecule has 144 valence electrons. The second-order valence-electron chi connectivity index (χ2n) is 7.51. The molecule has 1 aromatic carbocycles. The van der Waals surface area contributed by atoms with Crippen molar-refractivity contribution in [2.75, 3.05) is 26.7 Å². The van der Waals surface area contributed by atoms with E-state index in [-0.39, 0.29) is 24.0 Å². The van der Waals surface area contributed by atoms with E-state index in [0.717, 1.165) is 67.1 Å². The zero-order valence-electron chi connectivity index (χ0n) is 16.2. The van der Waals surface area contributed by atoms with Crippen molar-refractivity contribution in [1.82, 2.24) is 20.2 Å². The lowest BCUT2D eigenvalue weighted by Crippen LogP contribution is -2.40. The highest BCUT2D eigenvalue weighted by Crippen LogP contribution is 2.23. The van der Waals surface area contributed by atoms with Gasteiger partial charge >= 0.3 is 0 Å². The van der Waals surface area contributed by atoms with Crippen LogP contribution >= 0.6 is 24.0 Å². The summed E-state index contributed by atoms with van der Waals surface area (Å²) in [4.78, 5) is 14.9. The van der Waals surface area contributed by atoms with Crippen LogP contribution in [0, 0.1) is 11.8 Å². The highest BCUT2D eigenvalue weighted by molar-refractivity contribution is 14.0. The Hall–Kier alpha value is -1.31. The lowest BCUT2D eigenvalue weighted by molar-refractivity contribution is 0.403. The van der Waals surface area contributed by atoms with Crippen LogP contribution in [0.15, 0.2) is 29.3 Å². The molecule has 1 fully saturated rings. The van der Waals surface area contributed by atoms with Crippen molar-refractivity contribution in [3.05, 3.63) is 30.1 Å². The number of H-pyrrole nitrogens is 1. The van der Waals surface area contributed by atoms with Crippen LogP contribution in [0.3, 0.4) is 0 Å². The zero-order valence-corrected chi connectivity index (χ0v) is 18.5. The van der Waals surface area contributed by atoms with Crippen molar-refractivity contribution in [3.63, 3.8) is 0 Å². The van der Waals surface area contributed by atoms with E-state index in [1.807, 2.05) is 19.2 Å². The van der Waals surface area contributed by atoms with Gasteiger partial charge in [0.15, 0.2) is 5.96 Å². The molecule has 5 nitrogen and oxygen atoms in total. The molecule has 26 heavy (non-hydrogen) atoms. The molecule has 2 aromatic rings. The van der Waals surface area contributed by atoms with Crippen LogP contribution in [0.4, 0.5) is 0 Å². The molecule has 1 aliphatic rings. The minimum absolute atomic E-state index is 0. The second-order valence-corrected chi connectivity index (χ2v) is 7.51. The minimum atomic E-state index is 0. The third kappa shape index (κ3) is 5.59. The molecule has 0 bridgehead atoms. The van der Waals surface area contributed by atoms with Crippen LogP contribution in [-0.2, 0) is 6.42 Å². The molecule has 6 heteroatoms. The van der Waals surface area contributed by atoms with Crippen LogP contribution in [0.1, 0.15) is 38.9 Å². The SMILES string of the molecule is CN=C(NCCCc1nc2ccccc2[nH]1)N1CCC(CC(C)C)C1.I. The Morgan fingerprint density at radius 3 is 2.92 bits per heavy atom. The van der Waals surface area contributed by atoms with E-state index in [2.05, 4.69) is 51.2 Å². The first kappa shape index (κ1) is 21.0. The molecule has 0 aliphatic carbocycles. The van der Waals surface area contributed by atoms with E-state index in [1.165, 1.54) is 12.8 Å². The van der Waals surface area contributed by atoms with E-state index >= 15 is 0 Å². The maximum Gasteiger partial charge on any atom is 0.193 e. The molecule has 0 spiro atoms. The number of likely N-dealkylation sites (tertiary alicyclic amines) is 1. The fourth-order valence-corrected chi connectivity index (χ4v) is 3.80. The maximum atomic E-state index is 4.64. The highest BCUT2D eigenvalue weighted by atomic mass is 127. The summed E-state index contributed by atoms with van der Waals surface area (Å²) in [6.45, 7) is 7.82. The fourth-order valence-electron chi connectivity index (χ4n) is 3.80. The Balaban J connectivity index is 0.00000243. The summed E-state index contributed by atoms with van der Waals surface area (Å²) < 4.78 is 0. The van der Waals surface area contributed by atoms with Crippen molar-refractivity contribution >= 4 is 41.0 Å². The monoisotopic (exact) mass is 469 g/mol. The van der Waals surface area contributed by atoms with Gasteiger partial charge in [-0.1, -0.05) is 26.0 Å². The molecule has 1 atom stereocenters. The number of hydrogen-bond acceptors (Lipinski definition) is 2. The standard InChI is InChI=1S/C20H31N5.HI/c1-15(2)13-16-10-12-25(14-16)20(21-3)22-11-6-9-19-23-17-7-4-5-8-18(17)24-19;/h4-5,7-8,15-16H,6,9-14H2,1-3H3,(H,21,22)(H,23,24);1H. The molecule has 1 aromatic heterocycles.